The molecule has 1 rings (SSSR count). The minimum absolute atomic E-state index is 0.00242. The van der Waals surface area contributed by atoms with Crippen molar-refractivity contribution >= 4 is 17.4 Å². The Bertz CT molecular complexity index is 332. The van der Waals surface area contributed by atoms with E-state index in [-0.39, 0.29) is 11.7 Å². The zero-order valence-electron chi connectivity index (χ0n) is 11.7. The number of anilines is 1. The van der Waals surface area contributed by atoms with E-state index in [0.29, 0.717) is 19.3 Å². The van der Waals surface area contributed by atoms with Crippen molar-refractivity contribution < 1.29 is 9.59 Å². The van der Waals surface area contributed by atoms with E-state index >= 15 is 0 Å². The minimum Gasteiger partial charge on any atom is -0.326 e. The number of ketones is 1. The Balaban J connectivity index is 0.00000137. The lowest BCUT2D eigenvalue weighted by atomic mass is 10.1. The summed E-state index contributed by atoms with van der Waals surface area (Å²) in [5.41, 5.74) is 1.76. The summed E-state index contributed by atoms with van der Waals surface area (Å²) in [5.74, 6) is 0.225. The number of nitrogens with one attached hydrogen (secondary N) is 1. The van der Waals surface area contributed by atoms with E-state index in [9.17, 15) is 9.59 Å². The lowest BCUT2D eigenvalue weighted by Gasteiger charge is -2.04. The van der Waals surface area contributed by atoms with Gasteiger partial charge in [0.05, 0.1) is 0 Å². The summed E-state index contributed by atoms with van der Waals surface area (Å²) in [4.78, 5) is 22.3. The summed E-state index contributed by atoms with van der Waals surface area (Å²) in [5, 5.41) is 2.76. The molecular weight excluding hydrogens is 226 g/mol. The SMILES string of the molecule is CC.CCC(=O)Cc1ccc(NC(=O)CC)cc1. The second kappa shape index (κ2) is 9.40. The number of benzene rings is 1. The summed E-state index contributed by atoms with van der Waals surface area (Å²) in [7, 11) is 0. The molecular formula is C15H23NO2. The van der Waals surface area contributed by atoms with Crippen LogP contribution in [0.5, 0.6) is 0 Å². The fourth-order valence-electron chi connectivity index (χ4n) is 1.31. The van der Waals surface area contributed by atoms with Gasteiger partial charge in [-0.25, -0.2) is 0 Å². The van der Waals surface area contributed by atoms with Crippen LogP contribution in [0.2, 0.25) is 0 Å². The number of Topliss-reactive ketones (excluding diaryl/α,β-unsaturated/α-hetero) is 1. The molecule has 0 aliphatic carbocycles. The van der Waals surface area contributed by atoms with Crippen molar-refractivity contribution in [3.8, 4) is 0 Å². The topological polar surface area (TPSA) is 46.2 Å². The first-order valence-corrected chi connectivity index (χ1v) is 6.56. The Morgan fingerprint density at radius 1 is 1.00 bits per heavy atom. The molecule has 0 atom stereocenters. The van der Waals surface area contributed by atoms with Gasteiger partial charge in [0.25, 0.3) is 0 Å². The number of amides is 1. The Morgan fingerprint density at radius 2 is 1.56 bits per heavy atom. The molecule has 100 valence electrons. The number of hydrogen-bond donors (Lipinski definition) is 1. The Morgan fingerprint density at radius 3 is 2.00 bits per heavy atom. The quantitative estimate of drug-likeness (QED) is 0.867. The van der Waals surface area contributed by atoms with E-state index in [0.717, 1.165) is 11.3 Å². The molecule has 3 nitrogen and oxygen atoms in total. The third-order valence-electron chi connectivity index (χ3n) is 2.35. The van der Waals surface area contributed by atoms with Crippen LogP contribution in [0, 0.1) is 0 Å². The molecule has 1 aromatic carbocycles. The molecule has 0 spiro atoms. The van der Waals surface area contributed by atoms with Gasteiger partial charge in [-0.2, -0.15) is 0 Å². The molecule has 0 fully saturated rings. The Kier molecular flexibility index (Phi) is 8.54. The van der Waals surface area contributed by atoms with Crippen LogP contribution in [0.4, 0.5) is 5.69 Å². The lowest BCUT2D eigenvalue weighted by molar-refractivity contribution is -0.118. The molecule has 1 aromatic rings. The molecule has 0 bridgehead atoms. The van der Waals surface area contributed by atoms with Gasteiger partial charge in [0.15, 0.2) is 0 Å². The molecule has 0 radical (unpaired) electrons. The second-order valence-electron chi connectivity index (χ2n) is 3.67. The fourth-order valence-corrected chi connectivity index (χ4v) is 1.31. The summed E-state index contributed by atoms with van der Waals surface area (Å²) in [6.07, 6.45) is 1.50. The van der Waals surface area contributed by atoms with E-state index in [1.165, 1.54) is 0 Å². The summed E-state index contributed by atoms with van der Waals surface area (Å²) in [6.45, 7) is 7.67. The normalized spacial score (nSPS) is 9.11. The third kappa shape index (κ3) is 6.18. The number of hydrogen-bond acceptors (Lipinski definition) is 2. The van der Waals surface area contributed by atoms with Crippen molar-refractivity contribution in [2.45, 2.75) is 47.0 Å². The van der Waals surface area contributed by atoms with Crippen LogP contribution in [0.15, 0.2) is 24.3 Å². The molecule has 3 heteroatoms. The van der Waals surface area contributed by atoms with Crippen LogP contribution in [-0.2, 0) is 16.0 Å². The predicted molar refractivity (Wildman–Crippen MR) is 75.7 cm³/mol. The van der Waals surface area contributed by atoms with Gasteiger partial charge < -0.3 is 5.32 Å². The Hall–Kier alpha value is -1.64. The maximum atomic E-state index is 11.2. The lowest BCUT2D eigenvalue weighted by Crippen LogP contribution is -2.09. The Labute approximate surface area is 110 Å². The van der Waals surface area contributed by atoms with Crippen molar-refractivity contribution in [1.82, 2.24) is 0 Å². The average molecular weight is 249 g/mol. The monoisotopic (exact) mass is 249 g/mol. The predicted octanol–water partition coefficient (Wildman–Crippen LogP) is 3.58. The van der Waals surface area contributed by atoms with E-state index in [2.05, 4.69) is 5.32 Å². The highest BCUT2D eigenvalue weighted by atomic mass is 16.1. The summed E-state index contributed by atoms with van der Waals surface area (Å²) < 4.78 is 0. The van der Waals surface area contributed by atoms with Gasteiger partial charge in [-0.15, -0.1) is 0 Å². The first-order chi connectivity index (χ1) is 8.65. The van der Waals surface area contributed by atoms with Crippen LogP contribution < -0.4 is 5.32 Å². The molecule has 0 aliphatic heterocycles. The van der Waals surface area contributed by atoms with Gasteiger partial charge >= 0.3 is 0 Å². The van der Waals surface area contributed by atoms with Crippen molar-refractivity contribution in [3.05, 3.63) is 29.8 Å². The van der Waals surface area contributed by atoms with Crippen LogP contribution in [0.3, 0.4) is 0 Å². The molecule has 0 unspecified atom stereocenters. The maximum absolute atomic E-state index is 11.2. The number of carbonyl (C=O) groups excluding carboxylic acids is 2. The molecule has 0 saturated carbocycles. The van der Waals surface area contributed by atoms with Gasteiger partial charge in [-0.3, -0.25) is 9.59 Å². The van der Waals surface area contributed by atoms with Crippen molar-refractivity contribution in [2.75, 3.05) is 5.32 Å². The molecule has 0 heterocycles. The van der Waals surface area contributed by atoms with Crippen molar-refractivity contribution in [3.63, 3.8) is 0 Å². The summed E-state index contributed by atoms with van der Waals surface area (Å²) in [6, 6.07) is 7.40. The van der Waals surface area contributed by atoms with E-state index in [1.807, 2.05) is 52.0 Å². The zero-order chi connectivity index (χ0) is 14.0. The van der Waals surface area contributed by atoms with Crippen LogP contribution in [0.1, 0.15) is 46.1 Å². The van der Waals surface area contributed by atoms with Gasteiger partial charge in [0, 0.05) is 24.9 Å². The first-order valence-electron chi connectivity index (χ1n) is 6.56. The summed E-state index contributed by atoms with van der Waals surface area (Å²) >= 11 is 0. The largest absolute Gasteiger partial charge is 0.326 e. The van der Waals surface area contributed by atoms with E-state index in [4.69, 9.17) is 0 Å². The molecule has 0 aliphatic rings. The number of rotatable bonds is 5. The van der Waals surface area contributed by atoms with Crippen LogP contribution >= 0.6 is 0 Å². The molecule has 1 N–H and O–H groups in total. The molecule has 18 heavy (non-hydrogen) atoms. The fraction of sp³-hybridized carbons (Fsp3) is 0.467. The van der Waals surface area contributed by atoms with Gasteiger partial charge in [0.1, 0.15) is 5.78 Å². The highest BCUT2D eigenvalue weighted by molar-refractivity contribution is 5.90. The van der Waals surface area contributed by atoms with Gasteiger partial charge in [-0.05, 0) is 17.7 Å². The third-order valence-corrected chi connectivity index (χ3v) is 2.35. The minimum atomic E-state index is -0.00242. The van der Waals surface area contributed by atoms with Crippen molar-refractivity contribution in [2.24, 2.45) is 0 Å². The van der Waals surface area contributed by atoms with Crippen LogP contribution in [-0.4, -0.2) is 11.7 Å². The number of carbonyl (C=O) groups is 2. The first kappa shape index (κ1) is 16.4. The standard InChI is InChI=1S/C13H17NO2.C2H6/c1-3-12(15)9-10-5-7-11(8-6-10)14-13(16)4-2;1-2/h5-8H,3-4,9H2,1-2H3,(H,14,16);1-2H3. The van der Waals surface area contributed by atoms with Gasteiger partial charge in [0.2, 0.25) is 5.91 Å². The molecule has 0 aromatic heterocycles. The van der Waals surface area contributed by atoms with E-state index in [1.54, 1.807) is 0 Å². The van der Waals surface area contributed by atoms with Gasteiger partial charge in [-0.1, -0.05) is 39.8 Å². The smallest absolute Gasteiger partial charge is 0.224 e. The van der Waals surface area contributed by atoms with Crippen molar-refractivity contribution in [1.29, 1.82) is 0 Å². The molecule has 1 amide bonds. The second-order valence-corrected chi connectivity index (χ2v) is 3.67. The van der Waals surface area contributed by atoms with Crippen LogP contribution in [0.25, 0.3) is 0 Å². The maximum Gasteiger partial charge on any atom is 0.224 e. The highest BCUT2D eigenvalue weighted by Gasteiger charge is 2.02. The average Bonchev–Trinajstić information content (AvgIpc) is 2.43. The zero-order valence-corrected chi connectivity index (χ0v) is 11.7. The highest BCUT2D eigenvalue weighted by Crippen LogP contribution is 2.11. The van der Waals surface area contributed by atoms with E-state index < -0.39 is 0 Å². The molecule has 0 saturated heterocycles.